The Bertz CT molecular complexity index is 3240. The molecule has 0 unspecified atom stereocenters. The van der Waals surface area contributed by atoms with Gasteiger partial charge in [-0.25, -0.2) is 0 Å². The van der Waals surface area contributed by atoms with E-state index in [0.717, 1.165) is 50.5 Å². The first kappa shape index (κ1) is 33.6. The first-order chi connectivity index (χ1) is 28.7. The number of para-hydroxylation sites is 1. The zero-order chi connectivity index (χ0) is 38.4. The molecule has 0 aliphatic carbocycles. The first-order valence-corrected chi connectivity index (χ1v) is 19.8. The number of benzene rings is 10. The quantitative estimate of drug-likeness (QED) is 0.151. The Hall–Kier alpha value is -7.68. The third-order valence-electron chi connectivity index (χ3n) is 11.4. The van der Waals surface area contributed by atoms with Gasteiger partial charge in [-0.1, -0.05) is 164 Å². The van der Waals surface area contributed by atoms with E-state index < -0.39 is 0 Å². The number of fused-ring (bicyclic) bond motifs is 5. The Morgan fingerprint density at radius 3 is 1.66 bits per heavy atom. The summed E-state index contributed by atoms with van der Waals surface area (Å²) in [5.74, 6) is 0.872. The van der Waals surface area contributed by atoms with E-state index in [4.69, 9.17) is 4.42 Å². The van der Waals surface area contributed by atoms with Gasteiger partial charge in [-0.15, -0.1) is 0 Å². The summed E-state index contributed by atoms with van der Waals surface area (Å²) in [4.78, 5) is 2.37. The number of hydrogen-bond donors (Lipinski definition) is 0. The van der Waals surface area contributed by atoms with Gasteiger partial charge < -0.3 is 9.32 Å². The SMILES string of the molecule is c1cc(-c2ccc(N(c3ccc(-c4cc5ccccc5c5ccccc45)cc3)c3cccc(-c4cccc5ccccc45)c3)cc2)cc(-c2cc3ccccc3o2)c1. The lowest BCUT2D eigenvalue weighted by Gasteiger charge is -2.26. The van der Waals surface area contributed by atoms with E-state index >= 15 is 0 Å². The fourth-order valence-corrected chi connectivity index (χ4v) is 8.60. The van der Waals surface area contributed by atoms with Crippen LogP contribution in [0, 0.1) is 0 Å². The summed E-state index contributed by atoms with van der Waals surface area (Å²) < 4.78 is 6.23. The van der Waals surface area contributed by atoms with E-state index in [-0.39, 0.29) is 0 Å². The minimum atomic E-state index is 0.872. The lowest BCUT2D eigenvalue weighted by molar-refractivity contribution is 0.631. The Morgan fingerprint density at radius 1 is 0.276 bits per heavy atom. The van der Waals surface area contributed by atoms with Gasteiger partial charge in [0.25, 0.3) is 0 Å². The van der Waals surface area contributed by atoms with Crippen molar-refractivity contribution in [2.24, 2.45) is 0 Å². The van der Waals surface area contributed by atoms with Crippen LogP contribution in [0.4, 0.5) is 17.1 Å². The molecule has 2 nitrogen and oxygen atoms in total. The first-order valence-electron chi connectivity index (χ1n) is 19.8. The highest BCUT2D eigenvalue weighted by Crippen LogP contribution is 2.41. The topological polar surface area (TPSA) is 16.4 Å². The zero-order valence-corrected chi connectivity index (χ0v) is 31.7. The van der Waals surface area contributed by atoms with Crippen LogP contribution in [0.1, 0.15) is 0 Å². The molecule has 11 rings (SSSR count). The number of hydrogen-bond acceptors (Lipinski definition) is 2. The number of nitrogens with zero attached hydrogens (tertiary/aromatic N) is 1. The van der Waals surface area contributed by atoms with Crippen LogP contribution < -0.4 is 4.90 Å². The standard InChI is InChI=1S/C56H37NO/c1-4-20-49-39(12-1)15-11-24-50(49)42-17-10-19-48(35-42)57(47-32-28-40(29-33-47)54-36-43-13-2-5-21-51(43)52-22-6-7-23-53(52)54)46-30-26-38(27-31-46)41-16-9-18-44(34-41)56-37-45-14-3-8-25-55(45)58-56/h1-37H. The largest absolute Gasteiger partial charge is 0.456 e. The second kappa shape index (κ2) is 14.1. The molecule has 272 valence electrons. The van der Waals surface area contributed by atoms with Crippen LogP contribution in [-0.4, -0.2) is 0 Å². The van der Waals surface area contributed by atoms with Crippen molar-refractivity contribution in [3.8, 4) is 44.7 Å². The Balaban J connectivity index is 1.01. The molecule has 0 spiro atoms. The van der Waals surface area contributed by atoms with Crippen LogP contribution in [-0.2, 0) is 0 Å². The molecule has 58 heavy (non-hydrogen) atoms. The van der Waals surface area contributed by atoms with Crippen molar-refractivity contribution >= 4 is 60.3 Å². The van der Waals surface area contributed by atoms with Gasteiger partial charge in [0, 0.05) is 28.0 Å². The van der Waals surface area contributed by atoms with Crippen molar-refractivity contribution in [1.29, 1.82) is 0 Å². The Morgan fingerprint density at radius 2 is 0.862 bits per heavy atom. The highest BCUT2D eigenvalue weighted by atomic mass is 16.3. The van der Waals surface area contributed by atoms with Crippen LogP contribution in [0.15, 0.2) is 229 Å². The molecular weight excluding hydrogens is 703 g/mol. The molecule has 0 aliphatic heterocycles. The summed E-state index contributed by atoms with van der Waals surface area (Å²) in [6, 6.07) is 80.7. The molecule has 10 aromatic carbocycles. The summed E-state index contributed by atoms with van der Waals surface area (Å²) >= 11 is 0. The van der Waals surface area contributed by atoms with Gasteiger partial charge in [0.15, 0.2) is 0 Å². The molecule has 1 heterocycles. The predicted octanol–water partition coefficient (Wildman–Crippen LogP) is 16.0. The second-order valence-corrected chi connectivity index (χ2v) is 14.9. The average Bonchev–Trinajstić information content (AvgIpc) is 3.74. The van der Waals surface area contributed by atoms with E-state index in [1.165, 1.54) is 54.6 Å². The summed E-state index contributed by atoms with van der Waals surface area (Å²) in [5.41, 5.74) is 12.3. The highest BCUT2D eigenvalue weighted by molar-refractivity contribution is 6.13. The molecule has 0 saturated carbocycles. The van der Waals surface area contributed by atoms with Crippen LogP contribution in [0.3, 0.4) is 0 Å². The van der Waals surface area contributed by atoms with Gasteiger partial charge in [0.2, 0.25) is 0 Å². The van der Waals surface area contributed by atoms with E-state index in [0.29, 0.717) is 0 Å². The average molecular weight is 740 g/mol. The molecule has 0 fully saturated rings. The number of furan rings is 1. The zero-order valence-electron chi connectivity index (χ0n) is 31.7. The van der Waals surface area contributed by atoms with E-state index in [1.54, 1.807) is 0 Å². The van der Waals surface area contributed by atoms with Gasteiger partial charge in [0.1, 0.15) is 11.3 Å². The molecule has 0 radical (unpaired) electrons. The Kier molecular flexibility index (Phi) is 8.19. The van der Waals surface area contributed by atoms with Gasteiger partial charge in [-0.3, -0.25) is 0 Å². The predicted molar refractivity (Wildman–Crippen MR) is 245 cm³/mol. The minimum Gasteiger partial charge on any atom is -0.456 e. The molecule has 0 atom stereocenters. The normalized spacial score (nSPS) is 11.4. The van der Waals surface area contributed by atoms with Gasteiger partial charge in [0.05, 0.1) is 0 Å². The summed E-state index contributed by atoms with van der Waals surface area (Å²) in [6.07, 6.45) is 0. The fraction of sp³-hybridized carbons (Fsp3) is 0. The lowest BCUT2D eigenvalue weighted by Crippen LogP contribution is -2.10. The van der Waals surface area contributed by atoms with Gasteiger partial charge in [-0.05, 0) is 126 Å². The number of anilines is 3. The molecule has 0 bridgehead atoms. The number of rotatable bonds is 7. The fourth-order valence-electron chi connectivity index (χ4n) is 8.60. The third kappa shape index (κ3) is 6.00. The van der Waals surface area contributed by atoms with Crippen molar-refractivity contribution in [2.75, 3.05) is 4.90 Å². The molecule has 0 amide bonds. The van der Waals surface area contributed by atoms with Crippen molar-refractivity contribution < 1.29 is 4.42 Å². The monoisotopic (exact) mass is 739 g/mol. The Labute approximate surface area is 337 Å². The third-order valence-corrected chi connectivity index (χ3v) is 11.4. The van der Waals surface area contributed by atoms with Crippen LogP contribution >= 0.6 is 0 Å². The van der Waals surface area contributed by atoms with Gasteiger partial charge >= 0.3 is 0 Å². The van der Waals surface area contributed by atoms with Crippen molar-refractivity contribution in [2.45, 2.75) is 0 Å². The highest BCUT2D eigenvalue weighted by Gasteiger charge is 2.17. The maximum absolute atomic E-state index is 6.23. The van der Waals surface area contributed by atoms with E-state index in [1.807, 2.05) is 18.2 Å². The maximum Gasteiger partial charge on any atom is 0.135 e. The molecule has 11 aromatic rings. The van der Waals surface area contributed by atoms with E-state index in [9.17, 15) is 0 Å². The molecule has 0 N–H and O–H groups in total. The van der Waals surface area contributed by atoms with Gasteiger partial charge in [-0.2, -0.15) is 0 Å². The minimum absolute atomic E-state index is 0.872. The van der Waals surface area contributed by atoms with Crippen molar-refractivity contribution in [3.05, 3.63) is 224 Å². The van der Waals surface area contributed by atoms with E-state index in [2.05, 4.69) is 211 Å². The lowest BCUT2D eigenvalue weighted by atomic mass is 9.93. The summed E-state index contributed by atoms with van der Waals surface area (Å²) in [7, 11) is 0. The summed E-state index contributed by atoms with van der Waals surface area (Å²) in [5, 5.41) is 8.64. The van der Waals surface area contributed by atoms with Crippen LogP contribution in [0.25, 0.3) is 88.0 Å². The molecule has 0 aliphatic rings. The molecule has 2 heteroatoms. The van der Waals surface area contributed by atoms with Crippen LogP contribution in [0.2, 0.25) is 0 Å². The second-order valence-electron chi connectivity index (χ2n) is 14.9. The molecule has 0 saturated heterocycles. The van der Waals surface area contributed by atoms with Crippen LogP contribution in [0.5, 0.6) is 0 Å². The molecular formula is C56H37NO. The van der Waals surface area contributed by atoms with Crippen molar-refractivity contribution in [3.63, 3.8) is 0 Å². The maximum atomic E-state index is 6.23. The van der Waals surface area contributed by atoms with Crippen molar-refractivity contribution in [1.82, 2.24) is 0 Å². The smallest absolute Gasteiger partial charge is 0.135 e. The summed E-state index contributed by atoms with van der Waals surface area (Å²) in [6.45, 7) is 0. The molecule has 1 aromatic heterocycles.